The molecule has 0 aromatic heterocycles. The van der Waals surface area contributed by atoms with Crippen molar-refractivity contribution in [2.45, 2.75) is 33.4 Å². The average Bonchev–Trinajstić information content (AvgIpc) is 2.33. The Hall–Kier alpha value is -0.820. The van der Waals surface area contributed by atoms with Crippen LogP contribution in [0.1, 0.15) is 27.2 Å². The smallest absolute Gasteiger partial charge is 0.340 e. The van der Waals surface area contributed by atoms with E-state index in [0.29, 0.717) is 19.5 Å². The third-order valence-electron chi connectivity index (χ3n) is 3.58. The number of rotatable bonds is 4. The molecule has 1 saturated heterocycles. The number of hydrogen-bond acceptors (Lipinski definition) is 3. The number of carbonyl (C=O) groups excluding carboxylic acids is 1. The van der Waals surface area contributed by atoms with Crippen LogP contribution in [0.2, 0.25) is 0 Å². The van der Waals surface area contributed by atoms with Gasteiger partial charge in [0.05, 0.1) is 12.5 Å². The van der Waals surface area contributed by atoms with E-state index in [1.807, 2.05) is 20.8 Å². The van der Waals surface area contributed by atoms with Gasteiger partial charge < -0.3 is 10.6 Å². The summed E-state index contributed by atoms with van der Waals surface area (Å²) in [6, 6.07) is 0. The van der Waals surface area contributed by atoms with Crippen LogP contribution in [0.5, 0.6) is 0 Å². The Bertz CT molecular complexity index is 344. The lowest BCUT2D eigenvalue weighted by Crippen LogP contribution is -2.53. The summed E-state index contributed by atoms with van der Waals surface area (Å²) in [6.07, 6.45) is -3.50. The fourth-order valence-corrected chi connectivity index (χ4v) is 2.65. The van der Waals surface area contributed by atoms with Crippen molar-refractivity contribution in [3.63, 3.8) is 0 Å². The van der Waals surface area contributed by atoms with Gasteiger partial charge in [-0.1, -0.05) is 20.8 Å². The Labute approximate surface area is 124 Å². The number of piperazine rings is 1. The molecule has 0 aromatic carbocycles. The summed E-state index contributed by atoms with van der Waals surface area (Å²) in [4.78, 5) is 15.4. The van der Waals surface area contributed by atoms with Gasteiger partial charge >= 0.3 is 6.18 Å². The molecule has 0 aromatic rings. The van der Waals surface area contributed by atoms with Gasteiger partial charge in [-0.05, 0) is 11.8 Å². The standard InChI is InChI=1S/C14H26F3N3O/c1-13(2,3)8-11(9-18)12(21)20-6-4-19(5-7-20)10-14(15,16)17/h11H,4-10,18H2,1-3H3. The number of nitrogens with two attached hydrogens (primary N) is 1. The van der Waals surface area contributed by atoms with E-state index in [-0.39, 0.29) is 36.9 Å². The van der Waals surface area contributed by atoms with Gasteiger partial charge in [-0.15, -0.1) is 0 Å². The second-order valence-corrected chi connectivity index (χ2v) is 6.91. The van der Waals surface area contributed by atoms with Gasteiger partial charge in [0.1, 0.15) is 0 Å². The Morgan fingerprint density at radius 1 is 1.14 bits per heavy atom. The van der Waals surface area contributed by atoms with Crippen LogP contribution in [0, 0.1) is 11.3 Å². The predicted molar refractivity (Wildman–Crippen MR) is 75.7 cm³/mol. The minimum absolute atomic E-state index is 0.00218. The first-order valence-corrected chi connectivity index (χ1v) is 7.30. The average molecular weight is 309 g/mol. The molecule has 1 heterocycles. The van der Waals surface area contributed by atoms with Gasteiger partial charge in [-0.3, -0.25) is 9.69 Å². The highest BCUT2D eigenvalue weighted by Gasteiger charge is 2.34. The Kier molecular flexibility index (Phi) is 6.04. The lowest BCUT2D eigenvalue weighted by Gasteiger charge is -2.37. The molecule has 4 nitrogen and oxygen atoms in total. The first-order chi connectivity index (χ1) is 9.52. The van der Waals surface area contributed by atoms with Gasteiger partial charge in [0.2, 0.25) is 5.91 Å². The molecule has 0 aliphatic carbocycles. The third-order valence-corrected chi connectivity index (χ3v) is 3.58. The lowest BCUT2D eigenvalue weighted by molar-refractivity contribution is -0.153. The minimum atomic E-state index is -4.18. The summed E-state index contributed by atoms with van der Waals surface area (Å²) < 4.78 is 37.0. The molecule has 1 fully saturated rings. The molecule has 1 aliphatic rings. The molecule has 124 valence electrons. The molecule has 1 rings (SSSR count). The van der Waals surface area contributed by atoms with E-state index in [0.717, 1.165) is 0 Å². The topological polar surface area (TPSA) is 49.6 Å². The van der Waals surface area contributed by atoms with Crippen molar-refractivity contribution in [3.8, 4) is 0 Å². The first-order valence-electron chi connectivity index (χ1n) is 7.30. The maximum Gasteiger partial charge on any atom is 0.401 e. The molecule has 2 N–H and O–H groups in total. The zero-order valence-corrected chi connectivity index (χ0v) is 13.0. The second-order valence-electron chi connectivity index (χ2n) is 6.91. The quantitative estimate of drug-likeness (QED) is 0.860. The monoisotopic (exact) mass is 309 g/mol. The number of alkyl halides is 3. The summed E-state index contributed by atoms with van der Waals surface area (Å²) in [5.74, 6) is -0.279. The van der Waals surface area contributed by atoms with Gasteiger partial charge in [0, 0.05) is 32.7 Å². The van der Waals surface area contributed by atoms with E-state index in [1.54, 1.807) is 4.90 Å². The molecule has 1 unspecified atom stereocenters. The van der Waals surface area contributed by atoms with Crippen molar-refractivity contribution in [1.29, 1.82) is 0 Å². The van der Waals surface area contributed by atoms with Crippen molar-refractivity contribution in [2.24, 2.45) is 17.1 Å². The number of halogens is 3. The highest BCUT2D eigenvalue weighted by atomic mass is 19.4. The van der Waals surface area contributed by atoms with Crippen LogP contribution >= 0.6 is 0 Å². The van der Waals surface area contributed by atoms with Crippen LogP contribution in [-0.2, 0) is 4.79 Å². The van der Waals surface area contributed by atoms with E-state index in [9.17, 15) is 18.0 Å². The van der Waals surface area contributed by atoms with E-state index in [4.69, 9.17) is 5.73 Å². The molecular weight excluding hydrogens is 283 g/mol. The Morgan fingerprint density at radius 2 is 1.67 bits per heavy atom. The van der Waals surface area contributed by atoms with Crippen molar-refractivity contribution in [3.05, 3.63) is 0 Å². The first kappa shape index (κ1) is 18.2. The van der Waals surface area contributed by atoms with E-state index in [1.165, 1.54) is 4.90 Å². The summed E-state index contributed by atoms with van der Waals surface area (Å²) in [5.41, 5.74) is 5.69. The van der Waals surface area contributed by atoms with Crippen LogP contribution in [0.3, 0.4) is 0 Å². The number of amides is 1. The van der Waals surface area contributed by atoms with E-state index < -0.39 is 12.7 Å². The zero-order valence-electron chi connectivity index (χ0n) is 13.0. The van der Waals surface area contributed by atoms with Gasteiger partial charge in [-0.2, -0.15) is 13.2 Å². The fourth-order valence-electron chi connectivity index (χ4n) is 2.65. The summed E-state index contributed by atoms with van der Waals surface area (Å²) in [7, 11) is 0. The van der Waals surface area contributed by atoms with Crippen LogP contribution < -0.4 is 5.73 Å². The molecule has 1 aliphatic heterocycles. The molecule has 1 atom stereocenters. The summed E-state index contributed by atoms with van der Waals surface area (Å²) in [6.45, 7) is 6.72. The molecule has 0 bridgehead atoms. The Morgan fingerprint density at radius 3 is 2.05 bits per heavy atom. The Balaban J connectivity index is 2.50. The largest absolute Gasteiger partial charge is 0.401 e. The maximum absolute atomic E-state index is 12.4. The molecule has 1 amide bonds. The molecule has 21 heavy (non-hydrogen) atoms. The zero-order chi connectivity index (χ0) is 16.3. The summed E-state index contributed by atoms with van der Waals surface area (Å²) in [5, 5.41) is 0. The number of nitrogens with zero attached hydrogens (tertiary/aromatic N) is 2. The van der Waals surface area contributed by atoms with Gasteiger partial charge in [0.15, 0.2) is 0 Å². The molecule has 7 heteroatoms. The van der Waals surface area contributed by atoms with E-state index >= 15 is 0 Å². The van der Waals surface area contributed by atoms with Gasteiger partial charge in [-0.25, -0.2) is 0 Å². The molecular formula is C14H26F3N3O. The third kappa shape index (κ3) is 6.65. The normalized spacial score (nSPS) is 19.7. The molecule has 0 saturated carbocycles. The number of carbonyl (C=O) groups is 1. The fraction of sp³-hybridized carbons (Fsp3) is 0.929. The minimum Gasteiger partial charge on any atom is -0.340 e. The highest BCUT2D eigenvalue weighted by Crippen LogP contribution is 2.25. The highest BCUT2D eigenvalue weighted by molar-refractivity contribution is 5.79. The molecule has 0 radical (unpaired) electrons. The lowest BCUT2D eigenvalue weighted by atomic mass is 9.84. The van der Waals surface area contributed by atoms with Crippen LogP contribution in [0.25, 0.3) is 0 Å². The van der Waals surface area contributed by atoms with Crippen molar-refractivity contribution in [1.82, 2.24) is 9.80 Å². The summed E-state index contributed by atoms with van der Waals surface area (Å²) >= 11 is 0. The van der Waals surface area contributed by atoms with Crippen molar-refractivity contribution >= 4 is 5.91 Å². The predicted octanol–water partition coefficient (Wildman–Crippen LogP) is 1.70. The van der Waals surface area contributed by atoms with Crippen LogP contribution in [0.4, 0.5) is 13.2 Å². The van der Waals surface area contributed by atoms with Crippen LogP contribution in [-0.4, -0.2) is 61.2 Å². The van der Waals surface area contributed by atoms with Crippen molar-refractivity contribution < 1.29 is 18.0 Å². The van der Waals surface area contributed by atoms with Crippen LogP contribution in [0.15, 0.2) is 0 Å². The number of hydrogen-bond donors (Lipinski definition) is 1. The second kappa shape index (κ2) is 6.96. The maximum atomic E-state index is 12.4. The van der Waals surface area contributed by atoms with Crippen molar-refractivity contribution in [2.75, 3.05) is 39.3 Å². The SMILES string of the molecule is CC(C)(C)CC(CN)C(=O)N1CCN(CC(F)(F)F)CC1. The molecule has 0 spiro atoms. The van der Waals surface area contributed by atoms with Gasteiger partial charge in [0.25, 0.3) is 0 Å². The van der Waals surface area contributed by atoms with E-state index in [2.05, 4.69) is 0 Å².